The van der Waals surface area contributed by atoms with Crippen molar-refractivity contribution in [1.29, 1.82) is 0 Å². The van der Waals surface area contributed by atoms with Crippen LogP contribution in [-0.2, 0) is 4.79 Å². The Morgan fingerprint density at radius 2 is 2.19 bits per heavy atom. The lowest BCUT2D eigenvalue weighted by atomic mass is 10.2. The highest BCUT2D eigenvalue weighted by Crippen LogP contribution is 2.48. The van der Waals surface area contributed by atoms with Gasteiger partial charge in [-0.1, -0.05) is 0 Å². The van der Waals surface area contributed by atoms with Crippen molar-refractivity contribution in [2.75, 3.05) is 31.1 Å². The lowest BCUT2D eigenvalue weighted by Crippen LogP contribution is -2.49. The molecule has 0 bridgehead atoms. The van der Waals surface area contributed by atoms with Gasteiger partial charge >= 0.3 is 0 Å². The predicted octanol–water partition coefficient (Wildman–Crippen LogP) is 2.19. The average molecular weight is 303 g/mol. The average Bonchev–Trinajstić information content (AvgIpc) is 2.98. The van der Waals surface area contributed by atoms with Crippen LogP contribution in [0.5, 0.6) is 0 Å². The van der Waals surface area contributed by atoms with Gasteiger partial charge in [-0.3, -0.25) is 4.79 Å². The van der Waals surface area contributed by atoms with Gasteiger partial charge < -0.3 is 14.2 Å². The van der Waals surface area contributed by atoms with Gasteiger partial charge in [0.15, 0.2) is 5.13 Å². The molecule has 2 atom stereocenters. The molecule has 0 aromatic carbocycles. The van der Waals surface area contributed by atoms with Gasteiger partial charge in [0, 0.05) is 49.6 Å². The van der Waals surface area contributed by atoms with E-state index in [2.05, 4.69) is 9.88 Å². The van der Waals surface area contributed by atoms with E-state index in [1.54, 1.807) is 17.6 Å². The van der Waals surface area contributed by atoms with Crippen LogP contribution in [0.15, 0.2) is 34.4 Å². The van der Waals surface area contributed by atoms with E-state index in [1.165, 1.54) is 0 Å². The van der Waals surface area contributed by atoms with Crippen molar-refractivity contribution in [3.05, 3.63) is 35.7 Å². The maximum absolute atomic E-state index is 12.5. The Balaban J connectivity index is 1.33. The SMILES string of the molecule is O=C([C@@H]1C[C@H]1c1ccco1)N1CCN(c2nccs2)CC1. The molecule has 0 spiro atoms. The Morgan fingerprint density at radius 1 is 1.33 bits per heavy atom. The van der Waals surface area contributed by atoms with Crippen LogP contribution in [0, 0.1) is 5.92 Å². The van der Waals surface area contributed by atoms with Crippen LogP contribution in [0.25, 0.3) is 0 Å². The fourth-order valence-corrected chi connectivity index (χ4v) is 3.71. The summed E-state index contributed by atoms with van der Waals surface area (Å²) in [6.45, 7) is 3.33. The third-order valence-electron chi connectivity index (χ3n) is 4.30. The quantitative estimate of drug-likeness (QED) is 0.872. The minimum Gasteiger partial charge on any atom is -0.469 e. The van der Waals surface area contributed by atoms with Crippen molar-refractivity contribution >= 4 is 22.4 Å². The van der Waals surface area contributed by atoms with Crippen molar-refractivity contribution in [1.82, 2.24) is 9.88 Å². The molecule has 2 aromatic heterocycles. The molecule has 6 heteroatoms. The predicted molar refractivity (Wildman–Crippen MR) is 80.5 cm³/mol. The molecule has 1 saturated carbocycles. The zero-order valence-electron chi connectivity index (χ0n) is 11.6. The standard InChI is InChI=1S/C15H17N3O2S/c19-14(12-10-11(12)13-2-1-8-20-13)17-4-6-18(7-5-17)15-16-3-9-21-15/h1-3,8-9,11-12H,4-7,10H2/t11-,12-/m1/s1. The van der Waals surface area contributed by atoms with Gasteiger partial charge in [0.2, 0.25) is 5.91 Å². The summed E-state index contributed by atoms with van der Waals surface area (Å²) in [7, 11) is 0. The molecule has 110 valence electrons. The van der Waals surface area contributed by atoms with Crippen molar-refractivity contribution < 1.29 is 9.21 Å². The number of hydrogen-bond donors (Lipinski definition) is 0. The van der Waals surface area contributed by atoms with E-state index in [1.807, 2.05) is 28.6 Å². The Morgan fingerprint density at radius 3 is 2.86 bits per heavy atom. The summed E-state index contributed by atoms with van der Waals surface area (Å²) >= 11 is 1.66. The monoisotopic (exact) mass is 303 g/mol. The van der Waals surface area contributed by atoms with Crippen LogP contribution in [0.3, 0.4) is 0 Å². The molecule has 2 fully saturated rings. The molecule has 1 aliphatic carbocycles. The maximum Gasteiger partial charge on any atom is 0.226 e. The van der Waals surface area contributed by atoms with Gasteiger partial charge in [-0.25, -0.2) is 4.98 Å². The summed E-state index contributed by atoms with van der Waals surface area (Å²) in [6, 6.07) is 3.86. The normalized spacial score (nSPS) is 25.1. The number of furan rings is 1. The second-order valence-corrected chi connectivity index (χ2v) is 6.46. The first-order valence-electron chi connectivity index (χ1n) is 7.29. The van der Waals surface area contributed by atoms with Gasteiger partial charge in [0.1, 0.15) is 5.76 Å². The second-order valence-electron chi connectivity index (χ2n) is 5.59. The molecular weight excluding hydrogens is 286 g/mol. The first kappa shape index (κ1) is 12.9. The summed E-state index contributed by atoms with van der Waals surface area (Å²) in [5.74, 6) is 1.66. The highest BCUT2D eigenvalue weighted by Gasteiger charge is 2.47. The van der Waals surface area contributed by atoms with Crippen LogP contribution in [0.4, 0.5) is 5.13 Å². The van der Waals surface area contributed by atoms with Crippen molar-refractivity contribution in [2.24, 2.45) is 5.92 Å². The molecule has 1 amide bonds. The molecule has 2 aliphatic rings. The molecular formula is C15H17N3O2S. The van der Waals surface area contributed by atoms with Crippen LogP contribution in [-0.4, -0.2) is 42.0 Å². The van der Waals surface area contributed by atoms with Gasteiger partial charge in [0.25, 0.3) is 0 Å². The van der Waals surface area contributed by atoms with Gasteiger partial charge in [-0.2, -0.15) is 0 Å². The van der Waals surface area contributed by atoms with Crippen LogP contribution in [0.1, 0.15) is 18.1 Å². The molecule has 0 radical (unpaired) electrons. The van der Waals surface area contributed by atoms with Crippen molar-refractivity contribution in [3.8, 4) is 0 Å². The molecule has 0 unspecified atom stereocenters. The van der Waals surface area contributed by atoms with E-state index in [4.69, 9.17) is 4.42 Å². The van der Waals surface area contributed by atoms with E-state index >= 15 is 0 Å². The summed E-state index contributed by atoms with van der Waals surface area (Å²) in [6.07, 6.45) is 4.44. The van der Waals surface area contributed by atoms with Crippen molar-refractivity contribution in [2.45, 2.75) is 12.3 Å². The second kappa shape index (κ2) is 5.18. The number of nitrogens with zero attached hydrogens (tertiary/aromatic N) is 3. The fraction of sp³-hybridized carbons (Fsp3) is 0.467. The van der Waals surface area contributed by atoms with Crippen molar-refractivity contribution in [3.63, 3.8) is 0 Å². The largest absolute Gasteiger partial charge is 0.469 e. The van der Waals surface area contributed by atoms with Crippen LogP contribution in [0.2, 0.25) is 0 Å². The molecule has 2 aromatic rings. The van der Waals surface area contributed by atoms with Crippen LogP contribution < -0.4 is 4.90 Å². The Kier molecular flexibility index (Phi) is 3.18. The molecule has 1 aliphatic heterocycles. The minimum atomic E-state index is 0.127. The first-order chi connectivity index (χ1) is 10.3. The van der Waals surface area contributed by atoms with E-state index in [9.17, 15) is 4.79 Å². The zero-order valence-corrected chi connectivity index (χ0v) is 12.5. The zero-order chi connectivity index (χ0) is 14.2. The molecule has 21 heavy (non-hydrogen) atoms. The molecule has 4 rings (SSSR count). The van der Waals surface area contributed by atoms with E-state index < -0.39 is 0 Å². The number of hydrogen-bond acceptors (Lipinski definition) is 5. The fourth-order valence-electron chi connectivity index (χ4n) is 3.01. The smallest absolute Gasteiger partial charge is 0.226 e. The van der Waals surface area contributed by atoms with Gasteiger partial charge in [0.05, 0.1) is 6.26 Å². The number of carbonyl (C=O) groups excluding carboxylic acids is 1. The van der Waals surface area contributed by atoms with Crippen LogP contribution >= 0.6 is 11.3 Å². The molecule has 1 saturated heterocycles. The summed E-state index contributed by atoms with van der Waals surface area (Å²) in [5, 5.41) is 3.05. The highest BCUT2D eigenvalue weighted by atomic mass is 32.1. The highest BCUT2D eigenvalue weighted by molar-refractivity contribution is 7.13. The third kappa shape index (κ3) is 2.44. The number of rotatable bonds is 3. The lowest BCUT2D eigenvalue weighted by molar-refractivity contribution is -0.133. The number of thiazole rings is 1. The number of carbonyl (C=O) groups is 1. The topological polar surface area (TPSA) is 49.6 Å². The number of anilines is 1. The van der Waals surface area contributed by atoms with Gasteiger partial charge in [-0.15, -0.1) is 11.3 Å². The van der Waals surface area contributed by atoms with E-state index in [0.29, 0.717) is 5.92 Å². The summed E-state index contributed by atoms with van der Waals surface area (Å²) in [4.78, 5) is 21.1. The molecule has 5 nitrogen and oxygen atoms in total. The Hall–Kier alpha value is -1.82. The molecule has 3 heterocycles. The summed E-state index contributed by atoms with van der Waals surface area (Å²) < 4.78 is 5.41. The Bertz CT molecular complexity index is 603. The lowest BCUT2D eigenvalue weighted by Gasteiger charge is -2.34. The van der Waals surface area contributed by atoms with E-state index in [-0.39, 0.29) is 11.8 Å². The summed E-state index contributed by atoms with van der Waals surface area (Å²) in [5.41, 5.74) is 0. The van der Waals surface area contributed by atoms with E-state index in [0.717, 1.165) is 43.5 Å². The number of aromatic nitrogens is 1. The first-order valence-corrected chi connectivity index (χ1v) is 8.17. The maximum atomic E-state index is 12.5. The van der Waals surface area contributed by atoms with Gasteiger partial charge in [-0.05, 0) is 18.6 Å². The Labute approximate surface area is 127 Å². The molecule has 0 N–H and O–H groups in total. The minimum absolute atomic E-state index is 0.127. The third-order valence-corrected chi connectivity index (χ3v) is 5.13. The number of amides is 1. The number of piperazine rings is 1.